The predicted molar refractivity (Wildman–Crippen MR) is 76.6 cm³/mol. The van der Waals surface area contributed by atoms with E-state index < -0.39 is 0 Å². The van der Waals surface area contributed by atoms with Gasteiger partial charge in [-0.05, 0) is 30.9 Å². The van der Waals surface area contributed by atoms with Gasteiger partial charge in [-0.3, -0.25) is 9.36 Å². The van der Waals surface area contributed by atoms with E-state index in [0.29, 0.717) is 12.3 Å². The van der Waals surface area contributed by atoms with Gasteiger partial charge in [0.15, 0.2) is 0 Å². The van der Waals surface area contributed by atoms with Gasteiger partial charge in [0.1, 0.15) is 12.1 Å². The van der Waals surface area contributed by atoms with Gasteiger partial charge in [-0.2, -0.15) is 0 Å². The van der Waals surface area contributed by atoms with Crippen LogP contribution in [0.3, 0.4) is 0 Å². The third kappa shape index (κ3) is 3.04. The van der Waals surface area contributed by atoms with Gasteiger partial charge in [-0.15, -0.1) is 0 Å². The Morgan fingerprint density at radius 1 is 1.35 bits per heavy atom. The Kier molecular flexibility index (Phi) is 3.76. The lowest BCUT2D eigenvalue weighted by molar-refractivity contribution is -0.117. The summed E-state index contributed by atoms with van der Waals surface area (Å²) in [4.78, 5) is 20.2. The van der Waals surface area contributed by atoms with Gasteiger partial charge in [-0.25, -0.2) is 9.97 Å². The number of aromatic nitrogens is 3. The number of nitrogens with one attached hydrogen (secondary N) is 1. The van der Waals surface area contributed by atoms with Crippen molar-refractivity contribution < 1.29 is 4.79 Å². The standard InChI is InChI=1S/C15H18N4O/c20-15(9-12-3-1-2-4-12)18-13-5-6-14(17-10-13)19-8-7-16-11-19/h5-8,10-12H,1-4,9H2,(H,18,20). The average molecular weight is 270 g/mol. The maximum absolute atomic E-state index is 11.9. The van der Waals surface area contributed by atoms with Crippen LogP contribution in [-0.2, 0) is 4.79 Å². The largest absolute Gasteiger partial charge is 0.325 e. The normalized spacial score (nSPS) is 15.4. The minimum absolute atomic E-state index is 0.0917. The van der Waals surface area contributed by atoms with Gasteiger partial charge in [0.05, 0.1) is 11.9 Å². The first kappa shape index (κ1) is 12.8. The number of nitrogens with zero attached hydrogens (tertiary/aromatic N) is 3. The van der Waals surface area contributed by atoms with Gasteiger partial charge in [0, 0.05) is 18.8 Å². The fourth-order valence-corrected chi connectivity index (χ4v) is 2.70. The predicted octanol–water partition coefficient (Wildman–Crippen LogP) is 2.79. The molecule has 104 valence electrons. The molecule has 5 nitrogen and oxygen atoms in total. The van der Waals surface area contributed by atoms with E-state index in [-0.39, 0.29) is 5.91 Å². The highest BCUT2D eigenvalue weighted by molar-refractivity contribution is 5.90. The fraction of sp³-hybridized carbons (Fsp3) is 0.400. The number of hydrogen-bond acceptors (Lipinski definition) is 3. The summed E-state index contributed by atoms with van der Waals surface area (Å²) < 4.78 is 1.82. The highest BCUT2D eigenvalue weighted by Gasteiger charge is 2.18. The fourth-order valence-electron chi connectivity index (χ4n) is 2.70. The third-order valence-electron chi connectivity index (χ3n) is 3.75. The van der Waals surface area contributed by atoms with Crippen molar-refractivity contribution in [1.82, 2.24) is 14.5 Å². The van der Waals surface area contributed by atoms with E-state index >= 15 is 0 Å². The molecule has 0 aromatic carbocycles. The molecule has 0 bridgehead atoms. The van der Waals surface area contributed by atoms with Crippen LogP contribution < -0.4 is 5.32 Å². The Morgan fingerprint density at radius 2 is 2.20 bits per heavy atom. The van der Waals surface area contributed by atoms with Crippen LogP contribution in [0.2, 0.25) is 0 Å². The number of imidazole rings is 1. The second-order valence-corrected chi connectivity index (χ2v) is 5.28. The maximum atomic E-state index is 11.9. The lowest BCUT2D eigenvalue weighted by Crippen LogP contribution is -2.15. The van der Waals surface area contributed by atoms with Crippen molar-refractivity contribution in [3.05, 3.63) is 37.1 Å². The van der Waals surface area contributed by atoms with Gasteiger partial charge in [0.2, 0.25) is 5.91 Å². The quantitative estimate of drug-likeness (QED) is 0.929. The Labute approximate surface area is 118 Å². The molecule has 3 rings (SSSR count). The molecule has 20 heavy (non-hydrogen) atoms. The highest BCUT2D eigenvalue weighted by Crippen LogP contribution is 2.27. The van der Waals surface area contributed by atoms with E-state index in [1.165, 1.54) is 25.7 Å². The van der Waals surface area contributed by atoms with Crippen molar-refractivity contribution in [2.45, 2.75) is 32.1 Å². The summed E-state index contributed by atoms with van der Waals surface area (Å²) in [6.45, 7) is 0. The zero-order valence-corrected chi connectivity index (χ0v) is 11.3. The summed E-state index contributed by atoms with van der Waals surface area (Å²) in [6, 6.07) is 3.74. The zero-order chi connectivity index (χ0) is 13.8. The third-order valence-corrected chi connectivity index (χ3v) is 3.75. The molecule has 5 heteroatoms. The van der Waals surface area contributed by atoms with Crippen molar-refractivity contribution in [2.75, 3.05) is 5.32 Å². The van der Waals surface area contributed by atoms with Crippen LogP contribution in [0, 0.1) is 5.92 Å². The van der Waals surface area contributed by atoms with Crippen molar-refractivity contribution in [2.24, 2.45) is 5.92 Å². The van der Waals surface area contributed by atoms with Crippen molar-refractivity contribution in [3.63, 3.8) is 0 Å². The molecule has 1 saturated carbocycles. The minimum atomic E-state index is 0.0917. The van der Waals surface area contributed by atoms with Crippen LogP contribution in [0.1, 0.15) is 32.1 Å². The zero-order valence-electron chi connectivity index (χ0n) is 11.3. The van der Waals surface area contributed by atoms with E-state index in [1.807, 2.05) is 22.9 Å². The lowest BCUT2D eigenvalue weighted by Gasteiger charge is -2.09. The van der Waals surface area contributed by atoms with Crippen molar-refractivity contribution in [3.8, 4) is 5.82 Å². The number of hydrogen-bond donors (Lipinski definition) is 1. The Morgan fingerprint density at radius 3 is 2.85 bits per heavy atom. The smallest absolute Gasteiger partial charge is 0.224 e. The first-order valence-electron chi connectivity index (χ1n) is 7.05. The molecule has 1 amide bonds. The summed E-state index contributed by atoms with van der Waals surface area (Å²) in [5, 5.41) is 2.91. The molecule has 2 heterocycles. The summed E-state index contributed by atoms with van der Waals surface area (Å²) in [7, 11) is 0. The number of pyridine rings is 1. The monoisotopic (exact) mass is 270 g/mol. The molecule has 0 spiro atoms. The SMILES string of the molecule is O=C(CC1CCCC1)Nc1ccc(-n2ccnc2)nc1. The average Bonchev–Trinajstić information content (AvgIpc) is 3.12. The number of anilines is 1. The summed E-state index contributed by atoms with van der Waals surface area (Å²) >= 11 is 0. The topological polar surface area (TPSA) is 59.8 Å². The number of carbonyl (C=O) groups is 1. The van der Waals surface area contributed by atoms with E-state index in [9.17, 15) is 4.79 Å². The van der Waals surface area contributed by atoms with E-state index in [0.717, 1.165) is 11.5 Å². The maximum Gasteiger partial charge on any atom is 0.224 e. The number of rotatable bonds is 4. The Bertz CT molecular complexity index is 556. The molecular formula is C15H18N4O. The molecule has 1 aliphatic carbocycles. The first-order valence-corrected chi connectivity index (χ1v) is 7.05. The van der Waals surface area contributed by atoms with Gasteiger partial charge in [0.25, 0.3) is 0 Å². The molecule has 1 fully saturated rings. The van der Waals surface area contributed by atoms with Crippen LogP contribution in [0.15, 0.2) is 37.1 Å². The summed E-state index contributed by atoms with van der Waals surface area (Å²) in [6.07, 6.45) is 12.4. The van der Waals surface area contributed by atoms with E-state index in [1.54, 1.807) is 18.7 Å². The Hall–Kier alpha value is -2.17. The van der Waals surface area contributed by atoms with Crippen LogP contribution in [0.25, 0.3) is 5.82 Å². The molecule has 0 radical (unpaired) electrons. The molecular weight excluding hydrogens is 252 g/mol. The van der Waals surface area contributed by atoms with Crippen molar-refractivity contribution in [1.29, 1.82) is 0 Å². The highest BCUT2D eigenvalue weighted by atomic mass is 16.1. The summed E-state index contributed by atoms with van der Waals surface area (Å²) in [5.74, 6) is 1.44. The van der Waals surface area contributed by atoms with E-state index in [4.69, 9.17) is 0 Å². The second kappa shape index (κ2) is 5.86. The number of carbonyl (C=O) groups excluding carboxylic acids is 1. The first-order chi connectivity index (χ1) is 9.81. The van der Waals surface area contributed by atoms with Gasteiger partial charge < -0.3 is 5.32 Å². The molecule has 1 aliphatic rings. The second-order valence-electron chi connectivity index (χ2n) is 5.28. The molecule has 0 unspecified atom stereocenters. The molecule has 0 aliphatic heterocycles. The molecule has 2 aromatic rings. The van der Waals surface area contributed by atoms with Crippen LogP contribution in [0.5, 0.6) is 0 Å². The molecule has 0 saturated heterocycles. The minimum Gasteiger partial charge on any atom is -0.325 e. The van der Waals surface area contributed by atoms with Crippen LogP contribution in [0.4, 0.5) is 5.69 Å². The molecule has 0 atom stereocenters. The number of amides is 1. The van der Waals surface area contributed by atoms with Gasteiger partial charge >= 0.3 is 0 Å². The van der Waals surface area contributed by atoms with E-state index in [2.05, 4.69) is 15.3 Å². The molecule has 1 N–H and O–H groups in total. The van der Waals surface area contributed by atoms with Crippen molar-refractivity contribution >= 4 is 11.6 Å². The van der Waals surface area contributed by atoms with Gasteiger partial charge in [-0.1, -0.05) is 12.8 Å². The van der Waals surface area contributed by atoms with Crippen LogP contribution in [-0.4, -0.2) is 20.4 Å². The Balaban J connectivity index is 1.59. The lowest BCUT2D eigenvalue weighted by atomic mass is 10.0. The summed E-state index contributed by atoms with van der Waals surface area (Å²) in [5.41, 5.74) is 0.747. The molecule has 2 aromatic heterocycles. The van der Waals surface area contributed by atoms with Crippen LogP contribution >= 0.6 is 0 Å².